The highest BCUT2D eigenvalue weighted by Crippen LogP contribution is 2.22. The Morgan fingerprint density at radius 3 is 2.00 bits per heavy atom. The largest absolute Gasteiger partial charge is 0.437 e. The number of rotatable bonds is 1. The number of oxime groups is 1. The number of halogens is 4. The SMILES string of the molecule is O/N=C(\c1ccc(F)cc1)C(F)(F)F. The van der Waals surface area contributed by atoms with Gasteiger partial charge in [0.15, 0.2) is 5.71 Å². The van der Waals surface area contributed by atoms with Gasteiger partial charge >= 0.3 is 6.18 Å². The normalized spacial score (nSPS) is 13.0. The zero-order chi connectivity index (χ0) is 10.8. The molecule has 0 unspecified atom stereocenters. The number of nitrogens with zero attached hydrogens (tertiary/aromatic N) is 1. The maximum absolute atomic E-state index is 12.4. The lowest BCUT2D eigenvalue weighted by Crippen LogP contribution is -2.23. The van der Waals surface area contributed by atoms with Crippen molar-refractivity contribution in [1.29, 1.82) is 0 Å². The van der Waals surface area contributed by atoms with Crippen molar-refractivity contribution in [1.82, 2.24) is 0 Å². The fourth-order valence-electron chi connectivity index (χ4n) is 0.886. The second-order valence-electron chi connectivity index (χ2n) is 2.45. The summed E-state index contributed by atoms with van der Waals surface area (Å²) in [6.45, 7) is 0. The van der Waals surface area contributed by atoms with Gasteiger partial charge < -0.3 is 5.21 Å². The molecule has 1 rings (SSSR count). The van der Waals surface area contributed by atoms with Crippen molar-refractivity contribution in [2.45, 2.75) is 6.18 Å². The molecule has 0 saturated heterocycles. The molecule has 14 heavy (non-hydrogen) atoms. The quantitative estimate of drug-likeness (QED) is 0.326. The maximum atomic E-state index is 12.4. The molecule has 0 aliphatic rings. The summed E-state index contributed by atoms with van der Waals surface area (Å²) in [6, 6.07) is 3.48. The van der Waals surface area contributed by atoms with E-state index in [0.29, 0.717) is 0 Å². The molecule has 1 aromatic carbocycles. The second kappa shape index (κ2) is 3.65. The van der Waals surface area contributed by atoms with E-state index in [0.717, 1.165) is 24.3 Å². The van der Waals surface area contributed by atoms with Crippen LogP contribution in [0.4, 0.5) is 17.6 Å². The lowest BCUT2D eigenvalue weighted by atomic mass is 10.1. The summed E-state index contributed by atoms with van der Waals surface area (Å²) in [7, 11) is 0. The number of hydrogen-bond acceptors (Lipinski definition) is 2. The summed E-state index contributed by atoms with van der Waals surface area (Å²) in [5, 5.41) is 10.3. The minimum atomic E-state index is -4.76. The van der Waals surface area contributed by atoms with Gasteiger partial charge in [-0.2, -0.15) is 13.2 Å². The van der Waals surface area contributed by atoms with Crippen LogP contribution in [0, 0.1) is 5.82 Å². The van der Waals surface area contributed by atoms with Crippen molar-refractivity contribution in [3.05, 3.63) is 35.6 Å². The molecule has 0 fully saturated rings. The lowest BCUT2D eigenvalue weighted by Gasteiger charge is -2.07. The molecule has 0 saturated carbocycles. The Morgan fingerprint density at radius 1 is 1.14 bits per heavy atom. The summed E-state index contributed by atoms with van der Waals surface area (Å²) in [5.41, 5.74) is -1.83. The van der Waals surface area contributed by atoms with Gasteiger partial charge in [0, 0.05) is 5.56 Å². The van der Waals surface area contributed by atoms with Crippen molar-refractivity contribution in [3.8, 4) is 0 Å². The number of alkyl halides is 3. The summed E-state index contributed by atoms with van der Waals surface area (Å²) in [4.78, 5) is 0. The van der Waals surface area contributed by atoms with E-state index < -0.39 is 17.7 Å². The van der Waals surface area contributed by atoms with Crippen LogP contribution in [0.25, 0.3) is 0 Å². The van der Waals surface area contributed by atoms with Crippen molar-refractivity contribution in [2.75, 3.05) is 0 Å². The van der Waals surface area contributed by atoms with Crippen molar-refractivity contribution >= 4 is 5.71 Å². The predicted octanol–water partition coefficient (Wildman–Crippen LogP) is 2.57. The van der Waals surface area contributed by atoms with E-state index in [2.05, 4.69) is 5.16 Å². The van der Waals surface area contributed by atoms with Gasteiger partial charge in [-0.25, -0.2) is 4.39 Å². The Labute approximate surface area is 76.5 Å². The van der Waals surface area contributed by atoms with E-state index in [1.807, 2.05) is 0 Å². The monoisotopic (exact) mass is 207 g/mol. The van der Waals surface area contributed by atoms with E-state index in [9.17, 15) is 17.6 Å². The summed E-state index contributed by atoms with van der Waals surface area (Å²) in [5.74, 6) is -0.659. The van der Waals surface area contributed by atoms with Gasteiger partial charge in [0.2, 0.25) is 0 Å². The third kappa shape index (κ3) is 2.21. The molecule has 6 heteroatoms. The molecule has 0 aliphatic heterocycles. The standard InChI is InChI=1S/C8H5F4NO/c9-6-3-1-5(2-4-6)7(13-14)8(10,11)12/h1-4,14H/b13-7+. The Morgan fingerprint density at radius 2 is 1.64 bits per heavy atom. The van der Waals surface area contributed by atoms with Gasteiger partial charge in [-0.1, -0.05) is 5.16 Å². The first-order valence-corrected chi connectivity index (χ1v) is 3.50. The predicted molar refractivity (Wildman–Crippen MR) is 40.8 cm³/mol. The maximum Gasteiger partial charge on any atom is 0.437 e. The molecule has 2 nitrogen and oxygen atoms in total. The smallest absolute Gasteiger partial charge is 0.410 e. The van der Waals surface area contributed by atoms with Gasteiger partial charge in [0.25, 0.3) is 0 Å². The molecule has 1 aromatic rings. The molecule has 0 aromatic heterocycles. The third-order valence-electron chi connectivity index (χ3n) is 1.49. The summed E-state index contributed by atoms with van der Waals surface area (Å²) in [6.07, 6.45) is -4.76. The zero-order valence-corrected chi connectivity index (χ0v) is 6.72. The highest BCUT2D eigenvalue weighted by Gasteiger charge is 2.37. The fourth-order valence-corrected chi connectivity index (χ4v) is 0.886. The molecular formula is C8H5F4NO. The molecule has 0 heterocycles. The minimum Gasteiger partial charge on any atom is -0.410 e. The first kappa shape index (κ1) is 10.5. The van der Waals surface area contributed by atoms with Gasteiger partial charge in [-0.05, 0) is 24.3 Å². The van der Waals surface area contributed by atoms with Crippen molar-refractivity contribution in [2.24, 2.45) is 5.16 Å². The van der Waals surface area contributed by atoms with Crippen molar-refractivity contribution in [3.63, 3.8) is 0 Å². The lowest BCUT2D eigenvalue weighted by molar-refractivity contribution is -0.0601. The number of benzene rings is 1. The van der Waals surface area contributed by atoms with Crippen molar-refractivity contribution < 1.29 is 22.8 Å². The third-order valence-corrected chi connectivity index (χ3v) is 1.49. The van der Waals surface area contributed by atoms with Gasteiger partial charge in [0.05, 0.1) is 0 Å². The van der Waals surface area contributed by atoms with Gasteiger partial charge in [-0.3, -0.25) is 0 Å². The second-order valence-corrected chi connectivity index (χ2v) is 2.45. The first-order valence-electron chi connectivity index (χ1n) is 3.50. The molecule has 76 valence electrons. The van der Waals surface area contributed by atoms with Crippen LogP contribution in [-0.4, -0.2) is 17.1 Å². The summed E-state index contributed by atoms with van der Waals surface area (Å²) >= 11 is 0. The van der Waals surface area contributed by atoms with Gasteiger partial charge in [0.1, 0.15) is 5.82 Å². The Hall–Kier alpha value is -1.59. The average Bonchev–Trinajstić information content (AvgIpc) is 2.07. The molecule has 0 spiro atoms. The molecule has 0 atom stereocenters. The van der Waals surface area contributed by atoms with E-state index >= 15 is 0 Å². The Kier molecular flexibility index (Phi) is 2.73. The minimum absolute atomic E-state index is 0.388. The number of hydrogen-bond donors (Lipinski definition) is 1. The Bertz CT molecular complexity index is 341. The fraction of sp³-hybridized carbons (Fsp3) is 0.125. The molecule has 0 amide bonds. The van der Waals surface area contributed by atoms with Crippen LogP contribution in [0.3, 0.4) is 0 Å². The topological polar surface area (TPSA) is 32.6 Å². The molecular weight excluding hydrogens is 202 g/mol. The summed E-state index contributed by atoms with van der Waals surface area (Å²) < 4.78 is 48.7. The van der Waals surface area contributed by atoms with Crippen LogP contribution < -0.4 is 0 Å². The highest BCUT2D eigenvalue weighted by atomic mass is 19.4. The molecule has 0 aliphatic carbocycles. The first-order chi connectivity index (χ1) is 6.45. The molecule has 0 bridgehead atoms. The van der Waals surface area contributed by atoms with Crippen LogP contribution >= 0.6 is 0 Å². The van der Waals surface area contributed by atoms with E-state index in [1.165, 1.54) is 0 Å². The van der Waals surface area contributed by atoms with Crippen LogP contribution in [0.1, 0.15) is 5.56 Å². The van der Waals surface area contributed by atoms with E-state index in [1.54, 1.807) is 0 Å². The van der Waals surface area contributed by atoms with Crippen LogP contribution in [0.5, 0.6) is 0 Å². The van der Waals surface area contributed by atoms with E-state index in [-0.39, 0.29) is 5.56 Å². The zero-order valence-electron chi connectivity index (χ0n) is 6.72. The van der Waals surface area contributed by atoms with Crippen LogP contribution in [0.2, 0.25) is 0 Å². The highest BCUT2D eigenvalue weighted by molar-refractivity contribution is 6.04. The van der Waals surface area contributed by atoms with Gasteiger partial charge in [-0.15, -0.1) is 0 Å². The average molecular weight is 207 g/mol. The van der Waals surface area contributed by atoms with Crippen LogP contribution in [0.15, 0.2) is 29.4 Å². The van der Waals surface area contributed by atoms with Crippen LogP contribution in [-0.2, 0) is 0 Å². The van der Waals surface area contributed by atoms with E-state index in [4.69, 9.17) is 5.21 Å². The molecule has 1 N–H and O–H groups in total. The molecule has 0 radical (unpaired) electrons. The Balaban J connectivity index is 3.10.